The monoisotopic (exact) mass is 282 g/mol. The molecule has 0 amide bonds. The molecule has 0 spiro atoms. The van der Waals surface area contributed by atoms with Gasteiger partial charge in [-0.3, -0.25) is 0 Å². The summed E-state index contributed by atoms with van der Waals surface area (Å²) in [5.74, 6) is 0. The van der Waals surface area contributed by atoms with E-state index in [1.54, 1.807) is 0 Å². The molecule has 0 fully saturated rings. The van der Waals surface area contributed by atoms with Crippen LogP contribution in [0.15, 0.2) is 18.2 Å². The molecule has 0 saturated carbocycles. The zero-order valence-corrected chi connectivity index (χ0v) is 13.4. The third-order valence-corrected chi connectivity index (χ3v) is 4.08. The lowest BCUT2D eigenvalue weighted by Crippen LogP contribution is -2.29. The maximum absolute atomic E-state index is 6.24. The van der Waals surface area contributed by atoms with Gasteiger partial charge in [-0.05, 0) is 56.7 Å². The maximum Gasteiger partial charge on any atom is 0.0438 e. The Hall–Kier alpha value is -0.570. The number of nitrogens with one attached hydrogen (secondary N) is 1. The minimum absolute atomic E-state index is 0.392. The van der Waals surface area contributed by atoms with Crippen molar-refractivity contribution >= 4 is 11.6 Å². The normalized spacial score (nSPS) is 12.9. The minimum Gasteiger partial charge on any atom is -0.310 e. The highest BCUT2D eigenvalue weighted by molar-refractivity contribution is 6.31. The number of aryl methyl sites for hydroxylation is 1. The van der Waals surface area contributed by atoms with Crippen LogP contribution in [0.3, 0.4) is 0 Å². The lowest BCUT2D eigenvalue weighted by Gasteiger charge is -2.24. The van der Waals surface area contributed by atoms with Crippen LogP contribution in [-0.2, 0) is 0 Å². The summed E-state index contributed by atoms with van der Waals surface area (Å²) in [5.41, 5.74) is 2.44. The Kier molecular flexibility index (Phi) is 7.44. The van der Waals surface area contributed by atoms with Gasteiger partial charge in [-0.1, -0.05) is 44.5 Å². The molecule has 1 atom stereocenters. The lowest BCUT2D eigenvalue weighted by molar-refractivity contribution is 0.282. The molecule has 0 aliphatic carbocycles. The largest absolute Gasteiger partial charge is 0.310 e. The number of hydrogen-bond acceptors (Lipinski definition) is 2. The molecule has 1 rings (SSSR count). The second kappa shape index (κ2) is 8.57. The van der Waals surface area contributed by atoms with Crippen LogP contribution in [0.2, 0.25) is 5.02 Å². The fourth-order valence-corrected chi connectivity index (χ4v) is 2.50. The topological polar surface area (TPSA) is 15.3 Å². The molecule has 1 aromatic rings. The van der Waals surface area contributed by atoms with Gasteiger partial charge in [0.15, 0.2) is 0 Å². The smallest absolute Gasteiger partial charge is 0.0438 e. The first kappa shape index (κ1) is 16.5. The van der Waals surface area contributed by atoms with Crippen molar-refractivity contribution in [3.05, 3.63) is 34.3 Å². The Morgan fingerprint density at radius 3 is 2.42 bits per heavy atom. The fraction of sp³-hybridized carbons (Fsp3) is 0.625. The Morgan fingerprint density at radius 1 is 1.21 bits per heavy atom. The number of rotatable bonds is 8. The highest BCUT2D eigenvalue weighted by atomic mass is 35.5. The molecule has 108 valence electrons. The van der Waals surface area contributed by atoms with Crippen LogP contribution < -0.4 is 5.32 Å². The van der Waals surface area contributed by atoms with E-state index < -0.39 is 0 Å². The highest BCUT2D eigenvalue weighted by Gasteiger charge is 2.12. The molecule has 0 heterocycles. The van der Waals surface area contributed by atoms with Crippen LogP contribution in [0.4, 0.5) is 0 Å². The molecule has 0 saturated heterocycles. The molecule has 0 aliphatic heterocycles. The summed E-state index contributed by atoms with van der Waals surface area (Å²) < 4.78 is 0. The van der Waals surface area contributed by atoms with Crippen molar-refractivity contribution in [3.63, 3.8) is 0 Å². The fourth-order valence-electron chi connectivity index (χ4n) is 2.31. The lowest BCUT2D eigenvalue weighted by atomic mass is 10.0. The van der Waals surface area contributed by atoms with E-state index in [-0.39, 0.29) is 0 Å². The van der Waals surface area contributed by atoms with Gasteiger partial charge in [0.25, 0.3) is 0 Å². The average molecular weight is 283 g/mol. The van der Waals surface area contributed by atoms with Crippen molar-refractivity contribution in [1.29, 1.82) is 0 Å². The molecule has 1 unspecified atom stereocenters. The Labute approximate surface area is 123 Å². The first-order chi connectivity index (χ1) is 9.12. The summed E-state index contributed by atoms with van der Waals surface area (Å²) in [7, 11) is 0. The van der Waals surface area contributed by atoms with Crippen molar-refractivity contribution in [3.8, 4) is 0 Å². The summed E-state index contributed by atoms with van der Waals surface area (Å²) in [5, 5.41) is 4.43. The van der Waals surface area contributed by atoms with Crippen LogP contribution >= 0.6 is 11.6 Å². The van der Waals surface area contributed by atoms with E-state index >= 15 is 0 Å². The van der Waals surface area contributed by atoms with E-state index in [2.05, 4.69) is 49.2 Å². The van der Waals surface area contributed by atoms with Crippen molar-refractivity contribution in [1.82, 2.24) is 10.2 Å². The van der Waals surface area contributed by atoms with E-state index in [0.717, 1.165) is 43.2 Å². The van der Waals surface area contributed by atoms with Crippen LogP contribution in [0.5, 0.6) is 0 Å². The number of nitrogens with zero attached hydrogens (tertiary/aromatic N) is 1. The molecule has 0 bridgehead atoms. The SMILES string of the molecule is CCNC(CCN(CC)CC)c1ccc(C)c(Cl)c1. The van der Waals surface area contributed by atoms with Gasteiger partial charge in [-0.15, -0.1) is 0 Å². The molecule has 0 aliphatic rings. The van der Waals surface area contributed by atoms with Crippen LogP contribution in [0.25, 0.3) is 0 Å². The van der Waals surface area contributed by atoms with Gasteiger partial charge in [-0.2, -0.15) is 0 Å². The molecule has 0 radical (unpaired) electrons. The number of benzene rings is 1. The van der Waals surface area contributed by atoms with E-state index in [0.29, 0.717) is 6.04 Å². The van der Waals surface area contributed by atoms with Gasteiger partial charge in [0.2, 0.25) is 0 Å². The quantitative estimate of drug-likeness (QED) is 0.774. The Bertz CT molecular complexity index is 375. The number of hydrogen-bond donors (Lipinski definition) is 1. The average Bonchev–Trinajstić information content (AvgIpc) is 2.42. The molecule has 19 heavy (non-hydrogen) atoms. The van der Waals surface area contributed by atoms with Crippen molar-refractivity contribution < 1.29 is 0 Å². The highest BCUT2D eigenvalue weighted by Crippen LogP contribution is 2.23. The standard InChI is InChI=1S/C16H27ClN2/c1-5-18-16(10-11-19(6-2)7-3)14-9-8-13(4)15(17)12-14/h8-9,12,16,18H,5-7,10-11H2,1-4H3. The summed E-state index contributed by atoms with van der Waals surface area (Å²) in [6, 6.07) is 6.80. The Balaban J connectivity index is 2.73. The molecule has 3 heteroatoms. The second-order valence-corrected chi connectivity index (χ2v) is 5.34. The summed E-state index contributed by atoms with van der Waals surface area (Å²) in [6.07, 6.45) is 1.12. The molecule has 1 aromatic carbocycles. The van der Waals surface area contributed by atoms with E-state index in [1.165, 1.54) is 5.56 Å². The first-order valence-corrected chi connectivity index (χ1v) is 7.71. The Morgan fingerprint density at radius 2 is 1.89 bits per heavy atom. The van der Waals surface area contributed by atoms with Crippen LogP contribution in [-0.4, -0.2) is 31.1 Å². The van der Waals surface area contributed by atoms with Crippen molar-refractivity contribution in [2.75, 3.05) is 26.2 Å². The summed E-state index contributed by atoms with van der Waals surface area (Å²) in [4.78, 5) is 2.46. The second-order valence-electron chi connectivity index (χ2n) is 4.93. The third kappa shape index (κ3) is 5.13. The van der Waals surface area contributed by atoms with Gasteiger partial charge >= 0.3 is 0 Å². The molecular weight excluding hydrogens is 256 g/mol. The third-order valence-electron chi connectivity index (χ3n) is 3.68. The van der Waals surface area contributed by atoms with Gasteiger partial charge in [-0.25, -0.2) is 0 Å². The van der Waals surface area contributed by atoms with Gasteiger partial charge < -0.3 is 10.2 Å². The molecule has 0 aromatic heterocycles. The van der Waals surface area contributed by atoms with E-state index in [1.807, 2.05) is 6.92 Å². The first-order valence-electron chi connectivity index (χ1n) is 7.34. The maximum atomic E-state index is 6.24. The number of halogens is 1. The molecular formula is C16H27ClN2. The predicted molar refractivity (Wildman–Crippen MR) is 85.0 cm³/mol. The van der Waals surface area contributed by atoms with Gasteiger partial charge in [0.1, 0.15) is 0 Å². The summed E-state index contributed by atoms with van der Waals surface area (Å²) >= 11 is 6.24. The molecule has 1 N–H and O–H groups in total. The van der Waals surface area contributed by atoms with E-state index in [9.17, 15) is 0 Å². The van der Waals surface area contributed by atoms with Crippen LogP contribution in [0.1, 0.15) is 44.4 Å². The van der Waals surface area contributed by atoms with Gasteiger partial charge in [0.05, 0.1) is 0 Å². The van der Waals surface area contributed by atoms with E-state index in [4.69, 9.17) is 11.6 Å². The van der Waals surface area contributed by atoms with Crippen molar-refractivity contribution in [2.24, 2.45) is 0 Å². The molecule has 2 nitrogen and oxygen atoms in total. The zero-order chi connectivity index (χ0) is 14.3. The summed E-state index contributed by atoms with van der Waals surface area (Å²) in [6.45, 7) is 13.0. The zero-order valence-electron chi connectivity index (χ0n) is 12.7. The van der Waals surface area contributed by atoms with Crippen LogP contribution in [0, 0.1) is 6.92 Å². The van der Waals surface area contributed by atoms with Gasteiger partial charge in [0, 0.05) is 11.1 Å². The predicted octanol–water partition coefficient (Wildman–Crippen LogP) is 4.03. The minimum atomic E-state index is 0.392. The van der Waals surface area contributed by atoms with Crippen molar-refractivity contribution in [2.45, 2.75) is 40.2 Å².